The Labute approximate surface area is 129 Å². The first-order chi connectivity index (χ1) is 10.1. The van der Waals surface area contributed by atoms with Gasteiger partial charge in [0.2, 0.25) is 5.91 Å². The summed E-state index contributed by atoms with van der Waals surface area (Å²) in [6, 6.07) is 3.62. The fraction of sp³-hybridized carbons (Fsp3) is 0.600. The third-order valence-electron chi connectivity index (χ3n) is 3.91. The van der Waals surface area contributed by atoms with Crippen molar-refractivity contribution >= 4 is 23.2 Å². The number of nitrogens with one attached hydrogen (secondary N) is 3. The van der Waals surface area contributed by atoms with Crippen LogP contribution in [0.4, 0.5) is 0 Å². The summed E-state index contributed by atoms with van der Waals surface area (Å²) in [5.74, 6) is -0.107. The van der Waals surface area contributed by atoms with Gasteiger partial charge in [-0.1, -0.05) is 13.0 Å². The molecule has 5 nitrogen and oxygen atoms in total. The molecule has 1 fully saturated rings. The van der Waals surface area contributed by atoms with E-state index in [-0.39, 0.29) is 17.2 Å². The van der Waals surface area contributed by atoms with Crippen LogP contribution in [0, 0.1) is 5.41 Å². The largest absolute Gasteiger partial charge is 0.355 e. The fourth-order valence-corrected chi connectivity index (χ4v) is 3.03. The van der Waals surface area contributed by atoms with E-state index < -0.39 is 0 Å². The third kappa shape index (κ3) is 5.13. The molecule has 116 valence electrons. The molecule has 6 heteroatoms. The predicted molar refractivity (Wildman–Crippen MR) is 84.5 cm³/mol. The number of hydrogen-bond donors (Lipinski definition) is 3. The zero-order chi connectivity index (χ0) is 15.1. The molecule has 0 aromatic carbocycles. The minimum atomic E-state index is -0.108. The molecule has 0 unspecified atom stereocenters. The van der Waals surface area contributed by atoms with Gasteiger partial charge in [0.1, 0.15) is 0 Å². The lowest BCUT2D eigenvalue weighted by molar-refractivity contribution is -0.121. The average Bonchev–Trinajstić information content (AvgIpc) is 3.00. The van der Waals surface area contributed by atoms with Gasteiger partial charge in [0.15, 0.2) is 0 Å². The molecule has 0 saturated carbocycles. The SMILES string of the molecule is CC1(CNC(=O)CCNC(=O)c2cccs2)CCNCC1. The first-order valence-corrected chi connectivity index (χ1v) is 8.26. The van der Waals surface area contributed by atoms with Gasteiger partial charge in [0.25, 0.3) is 5.91 Å². The zero-order valence-corrected chi connectivity index (χ0v) is 13.2. The molecular weight excluding hydrogens is 286 g/mol. The number of thiophene rings is 1. The maximum atomic E-state index is 11.8. The van der Waals surface area contributed by atoms with Crippen molar-refractivity contribution in [2.75, 3.05) is 26.2 Å². The van der Waals surface area contributed by atoms with Crippen molar-refractivity contribution in [3.05, 3.63) is 22.4 Å². The van der Waals surface area contributed by atoms with Crippen LogP contribution in [-0.2, 0) is 4.79 Å². The summed E-state index contributed by atoms with van der Waals surface area (Å²) >= 11 is 1.40. The molecule has 0 bridgehead atoms. The summed E-state index contributed by atoms with van der Waals surface area (Å²) in [5.41, 5.74) is 0.196. The second-order valence-electron chi connectivity index (χ2n) is 5.82. The van der Waals surface area contributed by atoms with Crippen molar-refractivity contribution in [2.45, 2.75) is 26.2 Å². The van der Waals surface area contributed by atoms with Gasteiger partial charge in [0, 0.05) is 19.5 Å². The van der Waals surface area contributed by atoms with Crippen LogP contribution < -0.4 is 16.0 Å². The van der Waals surface area contributed by atoms with E-state index in [0.717, 1.165) is 25.9 Å². The van der Waals surface area contributed by atoms with Gasteiger partial charge in [-0.15, -0.1) is 11.3 Å². The number of piperidine rings is 1. The van der Waals surface area contributed by atoms with Crippen molar-refractivity contribution in [1.29, 1.82) is 0 Å². The van der Waals surface area contributed by atoms with E-state index in [2.05, 4.69) is 22.9 Å². The molecule has 0 aliphatic carbocycles. The molecule has 2 amide bonds. The fourth-order valence-electron chi connectivity index (χ4n) is 2.39. The molecular formula is C15H23N3O2S. The van der Waals surface area contributed by atoms with Gasteiger partial charge in [-0.25, -0.2) is 0 Å². The second-order valence-corrected chi connectivity index (χ2v) is 6.77. The Morgan fingerprint density at radius 1 is 1.33 bits per heavy atom. The highest BCUT2D eigenvalue weighted by atomic mass is 32.1. The number of amides is 2. The highest BCUT2D eigenvalue weighted by Gasteiger charge is 2.26. The quantitative estimate of drug-likeness (QED) is 0.743. The molecule has 1 saturated heterocycles. The summed E-state index contributed by atoms with van der Waals surface area (Å²) in [5, 5.41) is 10.9. The normalized spacial score (nSPS) is 17.2. The maximum absolute atomic E-state index is 11.8. The Kier molecular flexibility index (Phi) is 5.76. The van der Waals surface area contributed by atoms with Crippen molar-refractivity contribution < 1.29 is 9.59 Å². The standard InChI is InChI=1S/C15H23N3O2S/c1-15(5-8-16-9-6-15)11-18-13(19)4-7-17-14(20)12-3-2-10-21-12/h2-3,10,16H,4-9,11H2,1H3,(H,17,20)(H,18,19). The first-order valence-electron chi connectivity index (χ1n) is 7.38. The Morgan fingerprint density at radius 2 is 2.10 bits per heavy atom. The number of hydrogen-bond acceptors (Lipinski definition) is 4. The van der Waals surface area contributed by atoms with E-state index in [1.54, 1.807) is 6.07 Å². The number of carbonyl (C=O) groups is 2. The van der Waals surface area contributed by atoms with Crippen molar-refractivity contribution in [2.24, 2.45) is 5.41 Å². The number of rotatable bonds is 6. The van der Waals surface area contributed by atoms with E-state index in [0.29, 0.717) is 24.4 Å². The molecule has 3 N–H and O–H groups in total. The van der Waals surface area contributed by atoms with E-state index in [1.165, 1.54) is 11.3 Å². The summed E-state index contributed by atoms with van der Waals surface area (Å²) in [4.78, 5) is 24.2. The summed E-state index contributed by atoms with van der Waals surface area (Å²) < 4.78 is 0. The van der Waals surface area contributed by atoms with Crippen molar-refractivity contribution in [1.82, 2.24) is 16.0 Å². The molecule has 0 spiro atoms. The van der Waals surface area contributed by atoms with Crippen LogP contribution in [0.3, 0.4) is 0 Å². The van der Waals surface area contributed by atoms with Gasteiger partial charge < -0.3 is 16.0 Å². The van der Waals surface area contributed by atoms with E-state index in [9.17, 15) is 9.59 Å². The highest BCUT2D eigenvalue weighted by molar-refractivity contribution is 7.12. The van der Waals surface area contributed by atoms with Crippen LogP contribution >= 0.6 is 11.3 Å². The topological polar surface area (TPSA) is 70.2 Å². The van der Waals surface area contributed by atoms with E-state index >= 15 is 0 Å². The lowest BCUT2D eigenvalue weighted by atomic mass is 9.81. The highest BCUT2D eigenvalue weighted by Crippen LogP contribution is 2.26. The minimum Gasteiger partial charge on any atom is -0.355 e. The third-order valence-corrected chi connectivity index (χ3v) is 4.77. The van der Waals surface area contributed by atoms with Crippen LogP contribution in [-0.4, -0.2) is 38.0 Å². The Bertz CT molecular complexity index is 467. The smallest absolute Gasteiger partial charge is 0.261 e. The van der Waals surface area contributed by atoms with Crippen LogP contribution in [0.5, 0.6) is 0 Å². The molecule has 1 aliphatic rings. The van der Waals surface area contributed by atoms with Crippen LogP contribution in [0.2, 0.25) is 0 Å². The van der Waals surface area contributed by atoms with Crippen molar-refractivity contribution in [3.63, 3.8) is 0 Å². The summed E-state index contributed by atoms with van der Waals surface area (Å²) in [6.45, 7) is 5.34. The van der Waals surface area contributed by atoms with Gasteiger partial charge in [-0.05, 0) is 42.8 Å². The lowest BCUT2D eigenvalue weighted by Gasteiger charge is -2.34. The average molecular weight is 309 g/mol. The van der Waals surface area contributed by atoms with Crippen LogP contribution in [0.25, 0.3) is 0 Å². The summed E-state index contributed by atoms with van der Waals surface area (Å²) in [7, 11) is 0. The Balaban J connectivity index is 1.62. The van der Waals surface area contributed by atoms with Gasteiger partial charge in [-0.3, -0.25) is 9.59 Å². The monoisotopic (exact) mass is 309 g/mol. The van der Waals surface area contributed by atoms with E-state index in [1.807, 2.05) is 11.4 Å². The molecule has 0 atom stereocenters. The molecule has 21 heavy (non-hydrogen) atoms. The Morgan fingerprint density at radius 3 is 2.76 bits per heavy atom. The molecule has 0 radical (unpaired) electrons. The van der Waals surface area contributed by atoms with Crippen LogP contribution in [0.1, 0.15) is 35.9 Å². The molecule has 1 aromatic heterocycles. The minimum absolute atomic E-state index is 0.00115. The van der Waals surface area contributed by atoms with E-state index in [4.69, 9.17) is 0 Å². The first kappa shape index (κ1) is 16.0. The molecule has 2 heterocycles. The van der Waals surface area contributed by atoms with Gasteiger partial charge in [0.05, 0.1) is 4.88 Å². The zero-order valence-electron chi connectivity index (χ0n) is 12.4. The molecule has 2 rings (SSSR count). The van der Waals surface area contributed by atoms with Crippen LogP contribution in [0.15, 0.2) is 17.5 Å². The molecule has 1 aromatic rings. The number of carbonyl (C=O) groups excluding carboxylic acids is 2. The van der Waals surface area contributed by atoms with Gasteiger partial charge >= 0.3 is 0 Å². The maximum Gasteiger partial charge on any atom is 0.261 e. The van der Waals surface area contributed by atoms with Crippen molar-refractivity contribution in [3.8, 4) is 0 Å². The van der Waals surface area contributed by atoms with Gasteiger partial charge in [-0.2, -0.15) is 0 Å². The summed E-state index contributed by atoms with van der Waals surface area (Å²) in [6.07, 6.45) is 2.50. The molecule has 1 aliphatic heterocycles. The Hall–Kier alpha value is -1.40. The predicted octanol–water partition coefficient (Wildman–Crippen LogP) is 1.37. The second kappa shape index (κ2) is 7.56. The lowest BCUT2D eigenvalue weighted by Crippen LogP contribution is -2.43.